The number of benzene rings is 3. The molecular weight excluding hydrogens is 557 g/mol. The van der Waals surface area contributed by atoms with Crippen LogP contribution in [0, 0.1) is 13.8 Å². The van der Waals surface area contributed by atoms with Crippen LogP contribution in [0.1, 0.15) is 37.0 Å². The molecule has 0 fully saturated rings. The van der Waals surface area contributed by atoms with Crippen LogP contribution in [0.3, 0.4) is 0 Å². The van der Waals surface area contributed by atoms with E-state index in [4.69, 9.17) is 23.2 Å². The first kappa shape index (κ1) is 30.5. The number of sulfonamides is 1. The number of nitrogens with zero attached hydrogens (tertiary/aromatic N) is 2. The molecule has 2 amide bonds. The third kappa shape index (κ3) is 7.12. The predicted molar refractivity (Wildman–Crippen MR) is 157 cm³/mol. The Labute approximate surface area is 240 Å². The van der Waals surface area contributed by atoms with E-state index in [1.54, 1.807) is 62.4 Å². The maximum absolute atomic E-state index is 14.0. The third-order valence-electron chi connectivity index (χ3n) is 6.52. The lowest BCUT2D eigenvalue weighted by Gasteiger charge is -2.33. The van der Waals surface area contributed by atoms with Crippen molar-refractivity contribution in [2.75, 3.05) is 17.4 Å². The second-order valence-corrected chi connectivity index (χ2v) is 11.8. The largest absolute Gasteiger partial charge is 0.355 e. The van der Waals surface area contributed by atoms with Crippen molar-refractivity contribution < 1.29 is 18.0 Å². The Bertz CT molecular complexity index is 1410. The number of aryl methyl sites for hydroxylation is 2. The second kappa shape index (κ2) is 13.3. The van der Waals surface area contributed by atoms with Gasteiger partial charge in [0.1, 0.15) is 12.6 Å². The average molecular weight is 591 g/mol. The quantitative estimate of drug-likeness (QED) is 0.308. The van der Waals surface area contributed by atoms with Crippen LogP contribution in [0.5, 0.6) is 0 Å². The monoisotopic (exact) mass is 589 g/mol. The number of halogens is 2. The van der Waals surface area contributed by atoms with E-state index in [0.717, 1.165) is 15.4 Å². The summed E-state index contributed by atoms with van der Waals surface area (Å²) >= 11 is 12.8. The van der Waals surface area contributed by atoms with Crippen molar-refractivity contribution in [1.82, 2.24) is 10.2 Å². The van der Waals surface area contributed by atoms with Crippen LogP contribution < -0.4 is 9.62 Å². The molecule has 0 aliphatic rings. The average Bonchev–Trinajstić information content (AvgIpc) is 2.91. The van der Waals surface area contributed by atoms with Gasteiger partial charge < -0.3 is 10.2 Å². The lowest BCUT2D eigenvalue weighted by atomic mass is 10.1. The number of carbonyl (C=O) groups is 2. The van der Waals surface area contributed by atoms with E-state index in [1.807, 2.05) is 19.9 Å². The maximum atomic E-state index is 14.0. The molecule has 0 bridgehead atoms. The van der Waals surface area contributed by atoms with E-state index < -0.39 is 28.5 Å². The Morgan fingerprint density at radius 3 is 2.10 bits per heavy atom. The fourth-order valence-electron chi connectivity index (χ4n) is 4.19. The van der Waals surface area contributed by atoms with E-state index in [0.29, 0.717) is 34.3 Å². The summed E-state index contributed by atoms with van der Waals surface area (Å²) in [6.45, 7) is 7.15. The zero-order valence-electron chi connectivity index (χ0n) is 22.4. The van der Waals surface area contributed by atoms with Crippen molar-refractivity contribution in [3.63, 3.8) is 0 Å². The first-order valence-electron chi connectivity index (χ1n) is 12.7. The highest BCUT2D eigenvalue weighted by molar-refractivity contribution is 7.92. The summed E-state index contributed by atoms with van der Waals surface area (Å²) in [5, 5.41) is 3.45. The van der Waals surface area contributed by atoms with Crippen molar-refractivity contribution in [3.8, 4) is 0 Å². The molecule has 7 nitrogen and oxygen atoms in total. The summed E-state index contributed by atoms with van der Waals surface area (Å²) in [4.78, 5) is 28.5. The number of nitrogens with one attached hydrogen (secondary N) is 1. The van der Waals surface area contributed by atoms with Gasteiger partial charge in [-0.05, 0) is 74.7 Å². The number of hydrogen-bond donors (Lipinski definition) is 1. The number of rotatable bonds is 11. The van der Waals surface area contributed by atoms with E-state index in [-0.39, 0.29) is 17.3 Å². The van der Waals surface area contributed by atoms with E-state index in [1.165, 1.54) is 17.0 Å². The molecule has 0 unspecified atom stereocenters. The second-order valence-electron chi connectivity index (χ2n) is 9.13. The van der Waals surface area contributed by atoms with E-state index in [2.05, 4.69) is 5.32 Å². The smallest absolute Gasteiger partial charge is 0.264 e. The Kier molecular flexibility index (Phi) is 10.4. The molecule has 1 atom stereocenters. The Hall–Kier alpha value is -3.07. The van der Waals surface area contributed by atoms with Crippen molar-refractivity contribution in [2.24, 2.45) is 0 Å². The van der Waals surface area contributed by atoms with Crippen molar-refractivity contribution in [1.29, 1.82) is 0 Å². The summed E-state index contributed by atoms with van der Waals surface area (Å²) in [5.74, 6) is -0.915. The standard InChI is InChI=1S/C29H33Cl2N3O4S/c1-5-27(29(36)32-6-2)33(18-24-25(30)13-10-14-26(24)31)28(35)19-34(22-16-15-20(3)21(4)17-22)39(37,38)23-11-8-7-9-12-23/h7-17,27H,5-6,18-19H2,1-4H3,(H,32,36)/t27-/m1/s1. The molecule has 3 aromatic carbocycles. The molecule has 3 aromatic rings. The SMILES string of the molecule is CCNC(=O)[C@@H](CC)N(Cc1c(Cl)cccc1Cl)C(=O)CN(c1ccc(C)c(C)c1)S(=O)(=O)c1ccccc1. The van der Waals surface area contributed by atoms with Crippen LogP contribution in [0.15, 0.2) is 71.6 Å². The van der Waals surface area contributed by atoms with Crippen LogP contribution in [0.4, 0.5) is 5.69 Å². The third-order valence-corrected chi connectivity index (χ3v) is 9.01. The molecule has 3 rings (SSSR count). The minimum absolute atomic E-state index is 0.0486. The first-order chi connectivity index (χ1) is 18.5. The summed E-state index contributed by atoms with van der Waals surface area (Å²) in [6, 6.07) is 17.3. The predicted octanol–water partition coefficient (Wildman–Crippen LogP) is 5.75. The number of carbonyl (C=O) groups excluding carboxylic acids is 2. The van der Waals surface area contributed by atoms with Gasteiger partial charge in [0.25, 0.3) is 10.0 Å². The molecule has 0 aliphatic heterocycles. The van der Waals surface area contributed by atoms with Gasteiger partial charge in [0, 0.05) is 28.7 Å². The number of likely N-dealkylation sites (N-methyl/N-ethyl adjacent to an activating group) is 1. The van der Waals surface area contributed by atoms with Gasteiger partial charge in [-0.3, -0.25) is 13.9 Å². The van der Waals surface area contributed by atoms with Gasteiger partial charge in [-0.25, -0.2) is 8.42 Å². The van der Waals surface area contributed by atoms with E-state index in [9.17, 15) is 18.0 Å². The van der Waals surface area contributed by atoms with Crippen LogP contribution in [-0.4, -0.2) is 44.3 Å². The Morgan fingerprint density at radius 2 is 1.54 bits per heavy atom. The maximum Gasteiger partial charge on any atom is 0.264 e. The lowest BCUT2D eigenvalue weighted by Crippen LogP contribution is -2.52. The summed E-state index contributed by atoms with van der Waals surface area (Å²) < 4.78 is 28.8. The highest BCUT2D eigenvalue weighted by Gasteiger charge is 2.34. The van der Waals surface area contributed by atoms with Gasteiger partial charge in [0.2, 0.25) is 11.8 Å². The van der Waals surface area contributed by atoms with Gasteiger partial charge in [-0.1, -0.05) is 60.5 Å². The van der Waals surface area contributed by atoms with Crippen molar-refractivity contribution in [2.45, 2.75) is 51.6 Å². The molecule has 0 spiro atoms. The van der Waals surface area contributed by atoms with E-state index >= 15 is 0 Å². The van der Waals surface area contributed by atoms with Gasteiger partial charge in [0.05, 0.1) is 10.6 Å². The van der Waals surface area contributed by atoms with Gasteiger partial charge in [0.15, 0.2) is 0 Å². The molecule has 0 saturated carbocycles. The Morgan fingerprint density at radius 1 is 0.897 bits per heavy atom. The highest BCUT2D eigenvalue weighted by atomic mass is 35.5. The van der Waals surface area contributed by atoms with Crippen LogP contribution in [-0.2, 0) is 26.2 Å². The normalized spacial score (nSPS) is 12.1. The fourth-order valence-corrected chi connectivity index (χ4v) is 6.14. The molecule has 1 N–H and O–H groups in total. The molecule has 0 heterocycles. The van der Waals surface area contributed by atoms with Crippen LogP contribution in [0.2, 0.25) is 10.0 Å². The summed E-state index contributed by atoms with van der Waals surface area (Å²) in [6.07, 6.45) is 0.300. The van der Waals surface area contributed by atoms with Gasteiger partial charge >= 0.3 is 0 Å². The fraction of sp³-hybridized carbons (Fsp3) is 0.310. The van der Waals surface area contributed by atoms with Crippen molar-refractivity contribution in [3.05, 3.63) is 93.5 Å². The lowest BCUT2D eigenvalue weighted by molar-refractivity contribution is -0.140. The molecule has 0 radical (unpaired) electrons. The molecule has 0 aliphatic carbocycles. The van der Waals surface area contributed by atoms with Gasteiger partial charge in [-0.15, -0.1) is 0 Å². The number of amides is 2. The highest BCUT2D eigenvalue weighted by Crippen LogP contribution is 2.29. The molecular formula is C29H33Cl2N3O4S. The Balaban J connectivity index is 2.11. The van der Waals surface area contributed by atoms with Gasteiger partial charge in [-0.2, -0.15) is 0 Å². The number of anilines is 1. The summed E-state index contributed by atoms with van der Waals surface area (Å²) in [5.41, 5.74) is 2.68. The zero-order valence-corrected chi connectivity index (χ0v) is 24.8. The van der Waals surface area contributed by atoms with Crippen LogP contribution in [0.25, 0.3) is 0 Å². The number of hydrogen-bond acceptors (Lipinski definition) is 4. The minimum Gasteiger partial charge on any atom is -0.355 e. The molecule has 208 valence electrons. The minimum atomic E-state index is -4.13. The topological polar surface area (TPSA) is 86.8 Å². The summed E-state index contributed by atoms with van der Waals surface area (Å²) in [7, 11) is -4.13. The molecule has 10 heteroatoms. The molecule has 39 heavy (non-hydrogen) atoms. The molecule has 0 aromatic heterocycles. The van der Waals surface area contributed by atoms with Crippen molar-refractivity contribution >= 4 is 50.7 Å². The van der Waals surface area contributed by atoms with Crippen LogP contribution >= 0.6 is 23.2 Å². The zero-order chi connectivity index (χ0) is 28.7. The first-order valence-corrected chi connectivity index (χ1v) is 14.9. The molecule has 0 saturated heterocycles.